The monoisotopic (exact) mass is 327 g/mol. The van der Waals surface area contributed by atoms with Gasteiger partial charge in [0, 0.05) is 24.4 Å². The predicted molar refractivity (Wildman–Crippen MR) is 80.7 cm³/mol. The van der Waals surface area contributed by atoms with Crippen molar-refractivity contribution in [3.05, 3.63) is 34.6 Å². The van der Waals surface area contributed by atoms with E-state index in [2.05, 4.69) is 15.0 Å². The van der Waals surface area contributed by atoms with Crippen molar-refractivity contribution in [1.29, 1.82) is 0 Å². The van der Waals surface area contributed by atoms with Gasteiger partial charge in [-0.2, -0.15) is 5.10 Å². The molecule has 7 nitrogen and oxygen atoms in total. The Bertz CT molecular complexity index is 824. The Morgan fingerprint density at radius 2 is 2.19 bits per heavy atom. The second-order valence-corrected chi connectivity index (χ2v) is 6.91. The number of nitrogens with zero attached hydrogens (tertiary/aromatic N) is 4. The Morgan fingerprint density at radius 1 is 1.48 bits per heavy atom. The fourth-order valence-corrected chi connectivity index (χ4v) is 3.15. The number of halogens is 1. The maximum Gasteiger partial charge on any atom is 0.230 e. The van der Waals surface area contributed by atoms with Crippen LogP contribution in [0.15, 0.2) is 23.9 Å². The summed E-state index contributed by atoms with van der Waals surface area (Å²) >= 11 is 6.11. The third-order valence-corrected chi connectivity index (χ3v) is 4.24. The molecule has 1 aliphatic rings. The van der Waals surface area contributed by atoms with Gasteiger partial charge in [-0.1, -0.05) is 17.7 Å². The van der Waals surface area contributed by atoms with Crippen molar-refractivity contribution < 1.29 is 8.42 Å². The third-order valence-electron chi connectivity index (χ3n) is 3.43. The molecule has 0 amide bonds. The highest BCUT2D eigenvalue weighted by molar-refractivity contribution is 7.92. The van der Waals surface area contributed by atoms with E-state index in [4.69, 9.17) is 16.7 Å². The summed E-state index contributed by atoms with van der Waals surface area (Å²) in [6.45, 7) is 3.31. The number of aromatic nitrogens is 3. The Kier molecular flexibility index (Phi) is 3.39. The Balaban J connectivity index is 1.83. The number of hydrogen-bond donors (Lipinski definition) is 1. The molecule has 0 unspecified atom stereocenters. The van der Waals surface area contributed by atoms with Gasteiger partial charge in [-0.15, -0.1) is 0 Å². The van der Waals surface area contributed by atoms with Crippen LogP contribution in [0.5, 0.6) is 0 Å². The van der Waals surface area contributed by atoms with Crippen molar-refractivity contribution in [1.82, 2.24) is 14.6 Å². The summed E-state index contributed by atoms with van der Waals surface area (Å²) < 4.78 is 23.4. The standard InChI is InChI=1S/C12H14ClN5O2S/c1-8-4-10(13)18-11(8)12(15-7-16-18)17-5-9(6-17)2-3-21(14,19)20/h2-4,7,9H,5-6H2,1H3,(H2,14,19,20)/b3-2+. The van der Waals surface area contributed by atoms with Crippen LogP contribution >= 0.6 is 11.6 Å². The number of rotatable bonds is 3. The number of fused-ring (bicyclic) bond motifs is 1. The van der Waals surface area contributed by atoms with E-state index in [9.17, 15) is 8.42 Å². The molecule has 3 rings (SSSR count). The lowest BCUT2D eigenvalue weighted by molar-refractivity contribution is 0.489. The van der Waals surface area contributed by atoms with Crippen LogP contribution in [-0.2, 0) is 10.0 Å². The van der Waals surface area contributed by atoms with Crippen LogP contribution in [0, 0.1) is 12.8 Å². The van der Waals surface area contributed by atoms with E-state index in [0.29, 0.717) is 18.2 Å². The van der Waals surface area contributed by atoms with Crippen molar-refractivity contribution in [3.8, 4) is 0 Å². The first-order valence-corrected chi connectivity index (χ1v) is 8.28. The lowest BCUT2D eigenvalue weighted by Crippen LogP contribution is -2.46. The molecule has 0 atom stereocenters. The SMILES string of the molecule is Cc1cc(Cl)n2ncnc(N3CC(/C=C/S(N)(=O)=O)C3)c12. The molecule has 2 aromatic rings. The first kappa shape index (κ1) is 14.3. The largest absolute Gasteiger partial charge is 0.353 e. The van der Waals surface area contributed by atoms with E-state index in [1.807, 2.05) is 13.0 Å². The van der Waals surface area contributed by atoms with Crippen LogP contribution in [0.25, 0.3) is 5.52 Å². The lowest BCUT2D eigenvalue weighted by atomic mass is 10.0. The molecule has 0 spiro atoms. The second kappa shape index (κ2) is 4.97. The van der Waals surface area contributed by atoms with E-state index < -0.39 is 10.0 Å². The minimum atomic E-state index is -3.56. The molecular formula is C12H14ClN5O2S. The molecule has 1 aliphatic heterocycles. The van der Waals surface area contributed by atoms with Gasteiger partial charge in [-0.3, -0.25) is 0 Å². The van der Waals surface area contributed by atoms with Gasteiger partial charge >= 0.3 is 0 Å². The molecule has 0 bridgehead atoms. The zero-order valence-corrected chi connectivity index (χ0v) is 12.8. The van der Waals surface area contributed by atoms with Crippen LogP contribution in [0.1, 0.15) is 5.56 Å². The number of nitrogens with two attached hydrogens (primary N) is 1. The van der Waals surface area contributed by atoms with Crippen LogP contribution in [0.3, 0.4) is 0 Å². The van der Waals surface area contributed by atoms with Crippen LogP contribution in [0.4, 0.5) is 5.82 Å². The summed E-state index contributed by atoms with van der Waals surface area (Å²) in [6, 6.07) is 1.84. The van der Waals surface area contributed by atoms with Gasteiger partial charge in [0.2, 0.25) is 10.0 Å². The minimum Gasteiger partial charge on any atom is -0.353 e. The zero-order chi connectivity index (χ0) is 15.2. The Hall–Kier alpha value is -1.64. The smallest absolute Gasteiger partial charge is 0.230 e. The molecule has 0 radical (unpaired) electrons. The molecule has 21 heavy (non-hydrogen) atoms. The van der Waals surface area contributed by atoms with Crippen molar-refractivity contribution in [3.63, 3.8) is 0 Å². The van der Waals surface area contributed by atoms with E-state index in [1.165, 1.54) is 6.33 Å². The van der Waals surface area contributed by atoms with E-state index in [0.717, 1.165) is 22.3 Å². The molecule has 112 valence electrons. The van der Waals surface area contributed by atoms with Gasteiger partial charge in [0.05, 0.1) is 0 Å². The minimum absolute atomic E-state index is 0.143. The van der Waals surface area contributed by atoms with Crippen molar-refractivity contribution in [2.45, 2.75) is 6.92 Å². The highest BCUT2D eigenvalue weighted by atomic mass is 35.5. The maximum absolute atomic E-state index is 10.9. The molecule has 0 aromatic carbocycles. The van der Waals surface area contributed by atoms with Crippen LogP contribution in [0.2, 0.25) is 5.15 Å². The van der Waals surface area contributed by atoms with E-state index >= 15 is 0 Å². The molecule has 1 saturated heterocycles. The van der Waals surface area contributed by atoms with Crippen molar-refractivity contribution >= 4 is 33.0 Å². The number of sulfonamides is 1. The number of anilines is 1. The molecule has 9 heteroatoms. The highest BCUT2D eigenvalue weighted by Gasteiger charge is 2.28. The fourth-order valence-electron chi connectivity index (χ4n) is 2.42. The topological polar surface area (TPSA) is 93.6 Å². The second-order valence-electron chi connectivity index (χ2n) is 5.08. The fraction of sp³-hybridized carbons (Fsp3) is 0.333. The summed E-state index contributed by atoms with van der Waals surface area (Å²) in [7, 11) is -3.56. The van der Waals surface area contributed by atoms with Crippen LogP contribution in [-0.4, -0.2) is 36.1 Å². The van der Waals surface area contributed by atoms with Gasteiger partial charge in [-0.25, -0.2) is 23.1 Å². The number of aryl methyl sites for hydroxylation is 1. The van der Waals surface area contributed by atoms with Gasteiger partial charge in [0.25, 0.3) is 0 Å². The molecule has 0 aliphatic carbocycles. The lowest BCUT2D eigenvalue weighted by Gasteiger charge is -2.38. The Morgan fingerprint density at radius 3 is 2.86 bits per heavy atom. The summed E-state index contributed by atoms with van der Waals surface area (Å²) in [5.74, 6) is 0.943. The first-order chi connectivity index (χ1) is 9.85. The molecular weight excluding hydrogens is 314 g/mol. The molecule has 2 N–H and O–H groups in total. The van der Waals surface area contributed by atoms with Gasteiger partial charge < -0.3 is 4.90 Å². The summed E-state index contributed by atoms with van der Waals surface area (Å²) in [6.07, 6.45) is 3.07. The summed E-state index contributed by atoms with van der Waals surface area (Å²) in [5, 5.41) is 10.7. The highest BCUT2D eigenvalue weighted by Crippen LogP contribution is 2.31. The van der Waals surface area contributed by atoms with Gasteiger partial charge in [0.1, 0.15) is 17.0 Å². The van der Waals surface area contributed by atoms with Gasteiger partial charge in [0.15, 0.2) is 5.82 Å². The number of hydrogen-bond acceptors (Lipinski definition) is 5. The number of primary sulfonamides is 1. The average Bonchev–Trinajstić information content (AvgIpc) is 2.62. The zero-order valence-electron chi connectivity index (χ0n) is 11.3. The first-order valence-electron chi connectivity index (χ1n) is 6.30. The Labute approximate surface area is 127 Å². The summed E-state index contributed by atoms with van der Waals surface area (Å²) in [5.41, 5.74) is 1.87. The molecule has 3 heterocycles. The predicted octanol–water partition coefficient (Wildman–Crippen LogP) is 0.930. The van der Waals surface area contributed by atoms with Crippen molar-refractivity contribution in [2.24, 2.45) is 11.1 Å². The van der Waals surface area contributed by atoms with E-state index in [1.54, 1.807) is 10.6 Å². The quantitative estimate of drug-likeness (QED) is 0.905. The van der Waals surface area contributed by atoms with Crippen LogP contribution < -0.4 is 10.0 Å². The molecule has 0 saturated carbocycles. The average molecular weight is 328 g/mol. The summed E-state index contributed by atoms with van der Waals surface area (Å²) in [4.78, 5) is 6.37. The van der Waals surface area contributed by atoms with Gasteiger partial charge in [-0.05, 0) is 18.6 Å². The normalized spacial score (nSPS) is 16.8. The maximum atomic E-state index is 10.9. The molecule has 1 fully saturated rings. The van der Waals surface area contributed by atoms with Crippen molar-refractivity contribution in [2.75, 3.05) is 18.0 Å². The third kappa shape index (κ3) is 2.74. The van der Waals surface area contributed by atoms with E-state index in [-0.39, 0.29) is 5.92 Å². The molecule has 2 aromatic heterocycles.